The monoisotopic (exact) mass is 337 g/mol. The molecular formula is C15H20ClN5O2. The smallest absolute Gasteiger partial charge is 0.274 e. The van der Waals surface area contributed by atoms with Crippen molar-refractivity contribution >= 4 is 18.3 Å². The number of ether oxygens (including phenoxy) is 1. The highest BCUT2D eigenvalue weighted by atomic mass is 35.5. The first-order valence-electron chi connectivity index (χ1n) is 7.27. The Morgan fingerprint density at radius 2 is 2.13 bits per heavy atom. The van der Waals surface area contributed by atoms with Gasteiger partial charge in [0.15, 0.2) is 5.69 Å². The molecule has 1 amide bonds. The van der Waals surface area contributed by atoms with Crippen LogP contribution in [0, 0.1) is 6.92 Å². The topological polar surface area (TPSA) is 81.1 Å². The van der Waals surface area contributed by atoms with Crippen LogP contribution in [0.15, 0.2) is 24.3 Å². The molecule has 0 aliphatic carbocycles. The summed E-state index contributed by atoms with van der Waals surface area (Å²) in [6.45, 7) is 3.58. The van der Waals surface area contributed by atoms with Gasteiger partial charge < -0.3 is 15.4 Å². The molecule has 124 valence electrons. The van der Waals surface area contributed by atoms with Gasteiger partial charge in [-0.05, 0) is 44.2 Å². The highest BCUT2D eigenvalue weighted by Crippen LogP contribution is 2.16. The molecule has 1 fully saturated rings. The Kier molecular flexibility index (Phi) is 5.57. The van der Waals surface area contributed by atoms with Gasteiger partial charge in [-0.3, -0.25) is 4.79 Å². The number of nitrogens with one attached hydrogen (secondary N) is 2. The van der Waals surface area contributed by atoms with E-state index in [9.17, 15) is 4.79 Å². The highest BCUT2D eigenvalue weighted by Gasteiger charge is 2.22. The van der Waals surface area contributed by atoms with Gasteiger partial charge in [-0.25, -0.2) is 4.68 Å². The quantitative estimate of drug-likeness (QED) is 0.873. The third-order valence-electron chi connectivity index (χ3n) is 3.82. The van der Waals surface area contributed by atoms with Gasteiger partial charge in [0.05, 0.1) is 18.5 Å². The van der Waals surface area contributed by atoms with E-state index in [1.165, 1.54) is 0 Å². The molecule has 0 spiro atoms. The van der Waals surface area contributed by atoms with Crippen LogP contribution < -0.4 is 15.4 Å². The number of carbonyl (C=O) groups excluding carboxylic acids is 1. The van der Waals surface area contributed by atoms with Crippen molar-refractivity contribution in [1.82, 2.24) is 25.6 Å². The molecule has 0 saturated carbocycles. The summed E-state index contributed by atoms with van der Waals surface area (Å²) in [6.07, 6.45) is 0.942. The number of carbonyl (C=O) groups is 1. The van der Waals surface area contributed by atoms with Crippen molar-refractivity contribution in [3.63, 3.8) is 0 Å². The largest absolute Gasteiger partial charge is 0.497 e. The van der Waals surface area contributed by atoms with Crippen LogP contribution in [0.2, 0.25) is 0 Å². The predicted molar refractivity (Wildman–Crippen MR) is 88.6 cm³/mol. The Labute approximate surface area is 140 Å². The second-order valence-electron chi connectivity index (χ2n) is 5.30. The summed E-state index contributed by atoms with van der Waals surface area (Å²) in [6, 6.07) is 7.62. The van der Waals surface area contributed by atoms with E-state index in [-0.39, 0.29) is 24.4 Å². The zero-order valence-corrected chi connectivity index (χ0v) is 13.9. The maximum atomic E-state index is 12.3. The summed E-state index contributed by atoms with van der Waals surface area (Å²) < 4.78 is 6.79. The molecule has 1 atom stereocenters. The Balaban J connectivity index is 0.00000192. The molecule has 1 saturated heterocycles. The molecule has 0 bridgehead atoms. The maximum absolute atomic E-state index is 12.3. The Morgan fingerprint density at radius 3 is 2.74 bits per heavy atom. The van der Waals surface area contributed by atoms with Crippen LogP contribution >= 0.6 is 12.4 Å². The van der Waals surface area contributed by atoms with Gasteiger partial charge in [-0.15, -0.1) is 17.5 Å². The van der Waals surface area contributed by atoms with Gasteiger partial charge in [-0.2, -0.15) is 0 Å². The van der Waals surface area contributed by atoms with Crippen molar-refractivity contribution in [3.8, 4) is 11.4 Å². The maximum Gasteiger partial charge on any atom is 0.274 e. The van der Waals surface area contributed by atoms with E-state index in [4.69, 9.17) is 4.74 Å². The number of halogens is 1. The normalized spacial score (nSPS) is 16.7. The molecule has 2 heterocycles. The Hall–Kier alpha value is -2.12. The number of hydrogen-bond acceptors (Lipinski definition) is 5. The average molecular weight is 338 g/mol. The van der Waals surface area contributed by atoms with Gasteiger partial charge >= 0.3 is 0 Å². The predicted octanol–water partition coefficient (Wildman–Crippen LogP) is 1.10. The summed E-state index contributed by atoms with van der Waals surface area (Å²) in [5, 5.41) is 14.3. The van der Waals surface area contributed by atoms with Crippen LogP contribution in [0.1, 0.15) is 22.6 Å². The van der Waals surface area contributed by atoms with Crippen molar-refractivity contribution in [2.75, 3.05) is 20.2 Å². The van der Waals surface area contributed by atoms with E-state index in [0.717, 1.165) is 30.9 Å². The Bertz CT molecular complexity index is 665. The number of hydrogen-bond donors (Lipinski definition) is 2. The lowest BCUT2D eigenvalue weighted by molar-refractivity contribution is 0.0934. The first kappa shape index (κ1) is 17.2. The molecule has 2 aromatic rings. The molecular weight excluding hydrogens is 318 g/mol. The lowest BCUT2D eigenvalue weighted by Crippen LogP contribution is -2.36. The molecule has 1 aromatic heterocycles. The van der Waals surface area contributed by atoms with Crippen LogP contribution in [0.3, 0.4) is 0 Å². The van der Waals surface area contributed by atoms with Crippen molar-refractivity contribution in [3.05, 3.63) is 35.7 Å². The molecule has 7 nitrogen and oxygen atoms in total. The van der Waals surface area contributed by atoms with Crippen molar-refractivity contribution in [2.45, 2.75) is 19.4 Å². The lowest BCUT2D eigenvalue weighted by atomic mass is 10.2. The highest BCUT2D eigenvalue weighted by molar-refractivity contribution is 5.93. The van der Waals surface area contributed by atoms with E-state index < -0.39 is 0 Å². The summed E-state index contributed by atoms with van der Waals surface area (Å²) >= 11 is 0. The minimum absolute atomic E-state index is 0. The van der Waals surface area contributed by atoms with Crippen molar-refractivity contribution in [1.29, 1.82) is 0 Å². The van der Waals surface area contributed by atoms with E-state index >= 15 is 0 Å². The zero-order chi connectivity index (χ0) is 15.5. The van der Waals surface area contributed by atoms with Crippen LogP contribution in [-0.2, 0) is 0 Å². The molecule has 1 unspecified atom stereocenters. The van der Waals surface area contributed by atoms with E-state index in [0.29, 0.717) is 11.4 Å². The van der Waals surface area contributed by atoms with Gasteiger partial charge in [0.1, 0.15) is 5.75 Å². The summed E-state index contributed by atoms with van der Waals surface area (Å²) in [5.74, 6) is 0.596. The lowest BCUT2D eigenvalue weighted by Gasteiger charge is -2.10. The standard InChI is InChI=1S/C15H19N5O2.ClH/c1-10-14(15(21)17-11-7-8-16-9-11)18-19-20(10)12-3-5-13(22-2)6-4-12;/h3-6,11,16H,7-9H2,1-2H3,(H,17,21);1H. The van der Waals surface area contributed by atoms with E-state index in [1.54, 1.807) is 11.8 Å². The molecule has 23 heavy (non-hydrogen) atoms. The minimum Gasteiger partial charge on any atom is -0.497 e. The molecule has 3 rings (SSSR count). The minimum atomic E-state index is -0.175. The second kappa shape index (κ2) is 7.43. The van der Waals surface area contributed by atoms with E-state index in [2.05, 4.69) is 20.9 Å². The number of benzene rings is 1. The third-order valence-corrected chi connectivity index (χ3v) is 3.82. The second-order valence-corrected chi connectivity index (χ2v) is 5.30. The Morgan fingerprint density at radius 1 is 1.39 bits per heavy atom. The fraction of sp³-hybridized carbons (Fsp3) is 0.400. The van der Waals surface area contributed by atoms with Crippen molar-refractivity contribution < 1.29 is 9.53 Å². The summed E-state index contributed by atoms with van der Waals surface area (Å²) in [7, 11) is 1.62. The number of methoxy groups -OCH3 is 1. The third kappa shape index (κ3) is 3.62. The fourth-order valence-corrected chi connectivity index (χ4v) is 2.54. The first-order valence-corrected chi connectivity index (χ1v) is 7.27. The number of rotatable bonds is 4. The molecule has 8 heteroatoms. The van der Waals surface area contributed by atoms with Gasteiger partial charge in [0.2, 0.25) is 0 Å². The summed E-state index contributed by atoms with van der Waals surface area (Å²) in [4.78, 5) is 12.3. The van der Waals surface area contributed by atoms with Crippen LogP contribution in [0.5, 0.6) is 5.75 Å². The van der Waals surface area contributed by atoms with Crippen molar-refractivity contribution in [2.24, 2.45) is 0 Å². The van der Waals surface area contributed by atoms with Crippen LogP contribution in [-0.4, -0.2) is 47.1 Å². The van der Waals surface area contributed by atoms with Crippen LogP contribution in [0.25, 0.3) is 5.69 Å². The van der Waals surface area contributed by atoms with Gasteiger partial charge in [-0.1, -0.05) is 5.21 Å². The van der Waals surface area contributed by atoms with Crippen LogP contribution in [0.4, 0.5) is 0 Å². The molecule has 1 aliphatic heterocycles. The molecule has 2 N–H and O–H groups in total. The molecule has 0 radical (unpaired) electrons. The zero-order valence-electron chi connectivity index (χ0n) is 13.1. The van der Waals surface area contributed by atoms with Gasteiger partial charge in [0.25, 0.3) is 5.91 Å². The fourth-order valence-electron chi connectivity index (χ4n) is 2.54. The number of nitrogens with zero attached hydrogens (tertiary/aromatic N) is 3. The SMILES string of the molecule is COc1ccc(-n2nnc(C(=O)NC3CCNC3)c2C)cc1.Cl. The molecule has 1 aromatic carbocycles. The summed E-state index contributed by atoms with van der Waals surface area (Å²) in [5.41, 5.74) is 1.92. The van der Waals surface area contributed by atoms with E-state index in [1.807, 2.05) is 31.2 Å². The average Bonchev–Trinajstić information content (AvgIpc) is 3.17. The first-order chi connectivity index (χ1) is 10.7. The number of aromatic nitrogens is 3. The van der Waals surface area contributed by atoms with Gasteiger partial charge in [0, 0.05) is 12.6 Å². The number of amides is 1. The molecule has 1 aliphatic rings.